The first-order valence-electron chi connectivity index (χ1n) is 7.01. The minimum absolute atomic E-state index is 0.0103. The predicted octanol–water partition coefficient (Wildman–Crippen LogP) is 1.51. The maximum atomic E-state index is 12.2. The molecular formula is C14H19N5OS. The normalized spacial score (nSPS) is 15.3. The second kappa shape index (κ2) is 6.17. The number of nitrogens with one attached hydrogen (secondary N) is 1. The number of carbonyl (C=O) groups excluding carboxylic acids is 1. The van der Waals surface area contributed by atoms with Crippen molar-refractivity contribution in [3.63, 3.8) is 0 Å². The van der Waals surface area contributed by atoms with Gasteiger partial charge in [0, 0.05) is 45.6 Å². The van der Waals surface area contributed by atoms with Crippen molar-refractivity contribution in [3.05, 3.63) is 35.7 Å². The summed E-state index contributed by atoms with van der Waals surface area (Å²) in [4.78, 5) is 20.6. The van der Waals surface area contributed by atoms with E-state index in [1.807, 2.05) is 22.7 Å². The number of nitrogens with zero attached hydrogens (tertiary/aromatic N) is 4. The maximum Gasteiger partial charge on any atom is 0.317 e. The molecular weight excluding hydrogens is 286 g/mol. The van der Waals surface area contributed by atoms with E-state index >= 15 is 0 Å². The van der Waals surface area contributed by atoms with Gasteiger partial charge in [-0.15, -0.1) is 11.3 Å². The molecule has 0 bridgehead atoms. The highest BCUT2D eigenvalue weighted by Crippen LogP contribution is 2.22. The van der Waals surface area contributed by atoms with Gasteiger partial charge in [-0.25, -0.2) is 9.78 Å². The molecule has 0 aromatic carbocycles. The number of anilines is 1. The van der Waals surface area contributed by atoms with Crippen molar-refractivity contribution in [3.8, 4) is 0 Å². The predicted molar refractivity (Wildman–Crippen MR) is 83.5 cm³/mol. The zero-order chi connectivity index (χ0) is 14.7. The third kappa shape index (κ3) is 3.18. The summed E-state index contributed by atoms with van der Waals surface area (Å²) in [6, 6.07) is 4.18. The summed E-state index contributed by atoms with van der Waals surface area (Å²) in [5.74, 6) is 0.862. The highest BCUT2D eigenvalue weighted by atomic mass is 32.1. The molecule has 6 nitrogen and oxygen atoms in total. The van der Waals surface area contributed by atoms with Gasteiger partial charge in [0.05, 0.1) is 11.5 Å². The van der Waals surface area contributed by atoms with Gasteiger partial charge in [-0.3, -0.25) is 0 Å². The largest absolute Gasteiger partial charge is 0.360 e. The first-order chi connectivity index (χ1) is 10.2. The second-order valence-electron chi connectivity index (χ2n) is 5.04. The summed E-state index contributed by atoms with van der Waals surface area (Å²) in [7, 11) is 1.92. The third-order valence-corrected chi connectivity index (χ3v) is 4.63. The maximum absolute atomic E-state index is 12.2. The Morgan fingerprint density at radius 1 is 1.38 bits per heavy atom. The van der Waals surface area contributed by atoms with E-state index < -0.39 is 0 Å². The number of hydrogen-bond donors (Lipinski definition) is 1. The van der Waals surface area contributed by atoms with Gasteiger partial charge in [-0.05, 0) is 17.5 Å². The van der Waals surface area contributed by atoms with Crippen LogP contribution >= 0.6 is 11.3 Å². The molecule has 2 aromatic heterocycles. The van der Waals surface area contributed by atoms with Crippen LogP contribution in [0.1, 0.15) is 5.82 Å². The molecule has 1 N–H and O–H groups in total. The van der Waals surface area contributed by atoms with Crippen LogP contribution in [0.15, 0.2) is 29.9 Å². The molecule has 2 amide bonds. The number of amides is 2. The summed E-state index contributed by atoms with van der Waals surface area (Å²) in [5, 5.41) is 6.30. The molecule has 112 valence electrons. The summed E-state index contributed by atoms with van der Waals surface area (Å²) < 4.78 is 1.91. The van der Waals surface area contributed by atoms with Crippen LogP contribution < -0.4 is 10.2 Å². The number of aryl methyl sites for hydroxylation is 1. The Bertz CT molecular complexity index is 586. The molecule has 1 aliphatic heterocycles. The molecule has 2 aromatic rings. The zero-order valence-electron chi connectivity index (χ0n) is 12.0. The number of imidazole rings is 1. The Labute approximate surface area is 128 Å². The van der Waals surface area contributed by atoms with Gasteiger partial charge in [0.2, 0.25) is 0 Å². The van der Waals surface area contributed by atoms with Crippen molar-refractivity contribution in [2.75, 3.05) is 31.1 Å². The van der Waals surface area contributed by atoms with E-state index in [4.69, 9.17) is 0 Å². The fourth-order valence-electron chi connectivity index (χ4n) is 2.41. The van der Waals surface area contributed by atoms with Crippen molar-refractivity contribution in [2.45, 2.75) is 6.54 Å². The lowest BCUT2D eigenvalue weighted by Crippen LogP contribution is -2.51. The standard InChI is InChI=1S/C14H19N5OS/c1-17-5-4-15-12(17)11-16-14(20)19-8-6-18(7-9-19)13-3-2-10-21-13/h2-5,10H,6-9,11H2,1H3,(H,16,20). The van der Waals surface area contributed by atoms with E-state index in [1.54, 1.807) is 17.5 Å². The summed E-state index contributed by atoms with van der Waals surface area (Å²) in [6.45, 7) is 3.74. The SMILES string of the molecule is Cn1ccnc1CNC(=O)N1CCN(c2cccs2)CC1. The van der Waals surface area contributed by atoms with Crippen LogP contribution in [0.25, 0.3) is 0 Å². The fraction of sp³-hybridized carbons (Fsp3) is 0.429. The fourth-order valence-corrected chi connectivity index (χ4v) is 3.20. The van der Waals surface area contributed by atoms with Crippen LogP contribution in [0.2, 0.25) is 0 Å². The minimum atomic E-state index is -0.0103. The van der Waals surface area contributed by atoms with Crippen LogP contribution in [0.5, 0.6) is 0 Å². The van der Waals surface area contributed by atoms with Crippen molar-refractivity contribution in [2.24, 2.45) is 7.05 Å². The first-order valence-corrected chi connectivity index (χ1v) is 7.89. The molecule has 0 radical (unpaired) electrons. The summed E-state index contributed by atoms with van der Waals surface area (Å²) in [6.07, 6.45) is 3.61. The molecule has 3 heterocycles. The van der Waals surface area contributed by atoms with Crippen LogP contribution in [-0.2, 0) is 13.6 Å². The Kier molecular flexibility index (Phi) is 4.10. The molecule has 1 aliphatic rings. The van der Waals surface area contributed by atoms with E-state index in [0.29, 0.717) is 6.54 Å². The van der Waals surface area contributed by atoms with Gasteiger partial charge in [-0.1, -0.05) is 0 Å². The lowest BCUT2D eigenvalue weighted by molar-refractivity contribution is 0.193. The molecule has 0 spiro atoms. The van der Waals surface area contributed by atoms with Crippen molar-refractivity contribution in [1.29, 1.82) is 0 Å². The zero-order valence-corrected chi connectivity index (χ0v) is 12.8. The lowest BCUT2D eigenvalue weighted by Gasteiger charge is -2.35. The minimum Gasteiger partial charge on any atom is -0.360 e. The van der Waals surface area contributed by atoms with Crippen LogP contribution in [0.3, 0.4) is 0 Å². The number of piperazine rings is 1. The van der Waals surface area contributed by atoms with E-state index in [-0.39, 0.29) is 6.03 Å². The van der Waals surface area contributed by atoms with Gasteiger partial charge in [0.15, 0.2) is 0 Å². The smallest absolute Gasteiger partial charge is 0.317 e. The monoisotopic (exact) mass is 305 g/mol. The Balaban J connectivity index is 1.48. The van der Waals surface area contributed by atoms with Gasteiger partial charge in [-0.2, -0.15) is 0 Å². The van der Waals surface area contributed by atoms with Crippen LogP contribution in [0.4, 0.5) is 9.80 Å². The lowest BCUT2D eigenvalue weighted by atomic mass is 10.3. The van der Waals surface area contributed by atoms with Gasteiger partial charge >= 0.3 is 6.03 Å². The quantitative estimate of drug-likeness (QED) is 0.935. The van der Waals surface area contributed by atoms with Crippen molar-refractivity contribution < 1.29 is 4.79 Å². The molecule has 1 saturated heterocycles. The Morgan fingerprint density at radius 3 is 2.81 bits per heavy atom. The molecule has 0 aliphatic carbocycles. The molecule has 0 unspecified atom stereocenters. The number of hydrogen-bond acceptors (Lipinski definition) is 4. The molecule has 3 rings (SSSR count). The van der Waals surface area contributed by atoms with Gasteiger partial charge in [0.1, 0.15) is 5.82 Å². The number of aromatic nitrogens is 2. The van der Waals surface area contributed by atoms with Crippen LogP contribution in [-0.4, -0.2) is 46.7 Å². The first kappa shape index (κ1) is 13.9. The summed E-state index contributed by atoms with van der Waals surface area (Å²) in [5.41, 5.74) is 0. The van der Waals surface area contributed by atoms with E-state index in [0.717, 1.165) is 32.0 Å². The highest BCUT2D eigenvalue weighted by molar-refractivity contribution is 7.14. The molecule has 0 atom stereocenters. The van der Waals surface area contributed by atoms with Crippen molar-refractivity contribution in [1.82, 2.24) is 19.8 Å². The van der Waals surface area contributed by atoms with Crippen LogP contribution in [0, 0.1) is 0 Å². The van der Waals surface area contributed by atoms with E-state index in [9.17, 15) is 4.79 Å². The average molecular weight is 305 g/mol. The number of carbonyl (C=O) groups is 1. The van der Waals surface area contributed by atoms with E-state index in [2.05, 4.69) is 32.7 Å². The second-order valence-corrected chi connectivity index (χ2v) is 5.96. The highest BCUT2D eigenvalue weighted by Gasteiger charge is 2.21. The number of rotatable bonds is 3. The number of thiophene rings is 1. The molecule has 0 saturated carbocycles. The van der Waals surface area contributed by atoms with Gasteiger partial charge in [0.25, 0.3) is 0 Å². The Morgan fingerprint density at radius 2 is 2.19 bits per heavy atom. The Hall–Kier alpha value is -2.02. The number of urea groups is 1. The topological polar surface area (TPSA) is 53.4 Å². The van der Waals surface area contributed by atoms with Crippen molar-refractivity contribution >= 4 is 22.4 Å². The molecule has 1 fully saturated rings. The molecule has 21 heavy (non-hydrogen) atoms. The third-order valence-electron chi connectivity index (χ3n) is 3.70. The summed E-state index contributed by atoms with van der Waals surface area (Å²) >= 11 is 1.75. The van der Waals surface area contributed by atoms with Gasteiger partial charge < -0.3 is 19.7 Å². The molecule has 7 heteroatoms. The van der Waals surface area contributed by atoms with E-state index in [1.165, 1.54) is 5.00 Å². The average Bonchev–Trinajstić information content (AvgIpc) is 3.17.